The van der Waals surface area contributed by atoms with E-state index in [0.717, 1.165) is 0 Å². The second kappa shape index (κ2) is 6.79. The maximum atomic E-state index is 13.1. The first-order chi connectivity index (χ1) is 9.72. The normalized spacial score (nSPS) is 11.8. The molecule has 0 saturated carbocycles. The van der Waals surface area contributed by atoms with Crippen molar-refractivity contribution in [3.05, 3.63) is 28.6 Å². The van der Waals surface area contributed by atoms with E-state index in [2.05, 4.69) is 9.72 Å². The van der Waals surface area contributed by atoms with Gasteiger partial charge in [-0.2, -0.15) is 13.2 Å². The van der Waals surface area contributed by atoms with Crippen LogP contribution in [0.3, 0.4) is 0 Å². The van der Waals surface area contributed by atoms with E-state index in [0.29, 0.717) is 6.20 Å². The van der Waals surface area contributed by atoms with Crippen LogP contribution in [0.5, 0.6) is 0 Å². The van der Waals surface area contributed by atoms with Crippen LogP contribution in [0.15, 0.2) is 6.20 Å². The van der Waals surface area contributed by atoms with Gasteiger partial charge in [0.05, 0.1) is 13.0 Å². The summed E-state index contributed by atoms with van der Waals surface area (Å²) in [6, 6.07) is 0. The summed E-state index contributed by atoms with van der Waals surface area (Å²) in [4.78, 5) is 14.5. The Morgan fingerprint density at radius 1 is 1.43 bits per heavy atom. The number of rotatable bonds is 5. The predicted molar refractivity (Wildman–Crippen MR) is 62.4 cm³/mol. The van der Waals surface area contributed by atoms with Crippen LogP contribution in [0, 0.1) is 0 Å². The van der Waals surface area contributed by atoms with Crippen LogP contribution in [0.4, 0.5) is 22.0 Å². The van der Waals surface area contributed by atoms with Gasteiger partial charge in [0, 0.05) is 23.9 Å². The van der Waals surface area contributed by atoms with Gasteiger partial charge in [0.15, 0.2) is 0 Å². The number of alkyl halides is 5. The molecular weight excluding hydrogens is 299 g/mol. The fourth-order valence-corrected chi connectivity index (χ4v) is 1.84. The monoisotopic (exact) mass is 312 g/mol. The highest BCUT2D eigenvalue weighted by Gasteiger charge is 2.38. The molecule has 0 atom stereocenters. The molecule has 0 fully saturated rings. The van der Waals surface area contributed by atoms with Gasteiger partial charge in [-0.25, -0.2) is 8.78 Å². The van der Waals surface area contributed by atoms with Gasteiger partial charge in [0.1, 0.15) is 5.69 Å². The van der Waals surface area contributed by atoms with Crippen molar-refractivity contribution in [3.8, 4) is 0 Å². The summed E-state index contributed by atoms with van der Waals surface area (Å²) in [6.45, 7) is 0.779. The van der Waals surface area contributed by atoms with Gasteiger partial charge in [0.2, 0.25) is 0 Å². The largest absolute Gasteiger partial charge is 0.466 e. The standard InChI is InChI=1S/C12H13F5N2O2/c1-2-21-8(20)3-6-5-19-10(12(15,16)17)7(4-18)9(6)11(13)14/h5,11H,2-4,18H2,1H3. The molecule has 9 heteroatoms. The molecule has 21 heavy (non-hydrogen) atoms. The highest BCUT2D eigenvalue weighted by molar-refractivity contribution is 5.73. The third-order valence-corrected chi connectivity index (χ3v) is 2.64. The lowest BCUT2D eigenvalue weighted by Crippen LogP contribution is -2.20. The Bertz CT molecular complexity index is 517. The minimum atomic E-state index is -4.90. The molecule has 1 aromatic heterocycles. The number of esters is 1. The van der Waals surface area contributed by atoms with Gasteiger partial charge < -0.3 is 10.5 Å². The Hall–Kier alpha value is -1.77. The molecule has 1 rings (SSSR count). The Kier molecular flexibility index (Phi) is 5.59. The highest BCUT2D eigenvalue weighted by atomic mass is 19.4. The smallest absolute Gasteiger partial charge is 0.433 e. The van der Waals surface area contributed by atoms with Crippen molar-refractivity contribution in [2.75, 3.05) is 6.61 Å². The summed E-state index contributed by atoms with van der Waals surface area (Å²) in [6.07, 6.45) is -8.09. The van der Waals surface area contributed by atoms with Crippen molar-refractivity contribution in [3.63, 3.8) is 0 Å². The Morgan fingerprint density at radius 3 is 2.48 bits per heavy atom. The molecule has 0 bridgehead atoms. The van der Waals surface area contributed by atoms with Crippen LogP contribution in [0.2, 0.25) is 0 Å². The van der Waals surface area contributed by atoms with E-state index >= 15 is 0 Å². The first-order valence-corrected chi connectivity index (χ1v) is 5.94. The minimum absolute atomic E-state index is 0.0284. The third-order valence-electron chi connectivity index (χ3n) is 2.64. The molecule has 1 heterocycles. The molecule has 0 aliphatic rings. The molecule has 0 radical (unpaired) electrons. The van der Waals surface area contributed by atoms with E-state index in [1.807, 2.05) is 0 Å². The fraction of sp³-hybridized carbons (Fsp3) is 0.500. The third kappa shape index (κ3) is 4.10. The van der Waals surface area contributed by atoms with E-state index in [4.69, 9.17) is 5.73 Å². The Morgan fingerprint density at radius 2 is 2.05 bits per heavy atom. The number of hydrogen-bond acceptors (Lipinski definition) is 4. The molecule has 118 valence electrons. The summed E-state index contributed by atoms with van der Waals surface area (Å²) in [5.41, 5.74) is 1.65. The molecule has 1 aromatic rings. The van der Waals surface area contributed by atoms with Crippen LogP contribution in [0.1, 0.15) is 35.7 Å². The predicted octanol–water partition coefficient (Wildman–Crippen LogP) is 2.60. The van der Waals surface area contributed by atoms with Gasteiger partial charge in [-0.1, -0.05) is 0 Å². The first kappa shape index (κ1) is 17.3. The zero-order chi connectivity index (χ0) is 16.2. The van der Waals surface area contributed by atoms with Gasteiger partial charge in [-0.05, 0) is 12.5 Å². The molecule has 4 nitrogen and oxygen atoms in total. The number of ether oxygens (including phenoxy) is 1. The number of carbonyl (C=O) groups excluding carboxylic acids is 1. The quantitative estimate of drug-likeness (QED) is 0.670. The lowest BCUT2D eigenvalue weighted by atomic mass is 9.99. The summed E-state index contributed by atoms with van der Waals surface area (Å²) >= 11 is 0. The number of aromatic nitrogens is 1. The topological polar surface area (TPSA) is 65.2 Å². The lowest BCUT2D eigenvalue weighted by Gasteiger charge is -2.17. The molecule has 0 unspecified atom stereocenters. The van der Waals surface area contributed by atoms with E-state index in [-0.39, 0.29) is 12.2 Å². The van der Waals surface area contributed by atoms with Crippen LogP contribution in [0.25, 0.3) is 0 Å². The van der Waals surface area contributed by atoms with Gasteiger partial charge in [-0.15, -0.1) is 0 Å². The summed E-state index contributed by atoms with van der Waals surface area (Å²) < 4.78 is 69.0. The fourth-order valence-electron chi connectivity index (χ4n) is 1.84. The van der Waals surface area contributed by atoms with Crippen molar-refractivity contribution in [1.29, 1.82) is 0 Å². The van der Waals surface area contributed by atoms with E-state index < -0.39 is 48.4 Å². The van der Waals surface area contributed by atoms with E-state index in [9.17, 15) is 26.7 Å². The van der Waals surface area contributed by atoms with Gasteiger partial charge >= 0.3 is 12.1 Å². The molecule has 0 aliphatic heterocycles. The van der Waals surface area contributed by atoms with Gasteiger partial charge in [0.25, 0.3) is 6.43 Å². The molecule has 0 spiro atoms. The summed E-state index contributed by atoms with van der Waals surface area (Å²) in [5, 5.41) is 0. The van der Waals surface area contributed by atoms with Crippen LogP contribution >= 0.6 is 0 Å². The minimum Gasteiger partial charge on any atom is -0.466 e. The SMILES string of the molecule is CCOC(=O)Cc1cnc(C(F)(F)F)c(CN)c1C(F)F. The zero-order valence-corrected chi connectivity index (χ0v) is 11.0. The zero-order valence-electron chi connectivity index (χ0n) is 11.0. The van der Waals surface area contributed by atoms with Crippen molar-refractivity contribution in [1.82, 2.24) is 4.98 Å². The lowest BCUT2D eigenvalue weighted by molar-refractivity contribution is -0.142. The summed E-state index contributed by atoms with van der Waals surface area (Å²) in [7, 11) is 0. The number of halogens is 5. The average Bonchev–Trinajstić information content (AvgIpc) is 2.36. The molecule has 0 aromatic carbocycles. The highest BCUT2D eigenvalue weighted by Crippen LogP contribution is 2.36. The van der Waals surface area contributed by atoms with Crippen molar-refractivity contribution < 1.29 is 31.5 Å². The average molecular weight is 312 g/mol. The number of hydrogen-bond donors (Lipinski definition) is 1. The van der Waals surface area contributed by atoms with Crippen LogP contribution in [-0.4, -0.2) is 17.6 Å². The Balaban J connectivity index is 3.37. The number of carbonyl (C=O) groups is 1. The van der Waals surface area contributed by atoms with Crippen molar-refractivity contribution >= 4 is 5.97 Å². The maximum absolute atomic E-state index is 13.1. The van der Waals surface area contributed by atoms with Crippen molar-refractivity contribution in [2.24, 2.45) is 5.73 Å². The Labute approximate surface area is 117 Å². The molecule has 0 amide bonds. The number of nitrogens with two attached hydrogens (primary N) is 1. The number of pyridine rings is 1. The molecular formula is C12H13F5N2O2. The van der Waals surface area contributed by atoms with Crippen molar-refractivity contribution in [2.45, 2.75) is 32.5 Å². The number of nitrogens with zero attached hydrogens (tertiary/aromatic N) is 1. The maximum Gasteiger partial charge on any atom is 0.433 e. The van der Waals surface area contributed by atoms with Crippen LogP contribution < -0.4 is 5.73 Å². The van der Waals surface area contributed by atoms with Crippen LogP contribution in [-0.2, 0) is 28.7 Å². The molecule has 0 aliphatic carbocycles. The second-order valence-corrected chi connectivity index (χ2v) is 4.01. The van der Waals surface area contributed by atoms with E-state index in [1.54, 1.807) is 0 Å². The molecule has 0 saturated heterocycles. The second-order valence-electron chi connectivity index (χ2n) is 4.01. The summed E-state index contributed by atoms with van der Waals surface area (Å²) in [5.74, 6) is -0.830. The van der Waals surface area contributed by atoms with Gasteiger partial charge in [-0.3, -0.25) is 9.78 Å². The van der Waals surface area contributed by atoms with E-state index in [1.165, 1.54) is 6.92 Å². The first-order valence-electron chi connectivity index (χ1n) is 5.94. The molecule has 2 N–H and O–H groups in total.